The van der Waals surface area contributed by atoms with Gasteiger partial charge in [-0.15, -0.1) is 0 Å². The number of benzene rings is 2. The highest BCUT2D eigenvalue weighted by atomic mass is 16.4. The first-order valence-electron chi connectivity index (χ1n) is 10.9. The van der Waals surface area contributed by atoms with Gasteiger partial charge in [-0.25, -0.2) is 9.59 Å². The molecule has 3 aromatic rings. The van der Waals surface area contributed by atoms with Crippen LogP contribution in [0.2, 0.25) is 0 Å². The average Bonchev–Trinajstić information content (AvgIpc) is 3.16. The van der Waals surface area contributed by atoms with E-state index < -0.39 is 11.9 Å². The summed E-state index contributed by atoms with van der Waals surface area (Å²) in [6.45, 7) is 4.98. The predicted molar refractivity (Wildman–Crippen MR) is 123 cm³/mol. The van der Waals surface area contributed by atoms with Crippen molar-refractivity contribution in [2.45, 2.75) is 32.6 Å². The van der Waals surface area contributed by atoms with Gasteiger partial charge in [-0.1, -0.05) is 12.1 Å². The molecule has 1 saturated heterocycles. The first kappa shape index (κ1) is 22.3. The zero-order chi connectivity index (χ0) is 23.7. The fourth-order valence-corrected chi connectivity index (χ4v) is 4.58. The van der Waals surface area contributed by atoms with Crippen LogP contribution >= 0.6 is 0 Å². The van der Waals surface area contributed by atoms with Crippen molar-refractivity contribution in [1.82, 2.24) is 9.47 Å². The normalized spacial score (nSPS) is 14.3. The zero-order valence-electron chi connectivity index (χ0n) is 18.6. The van der Waals surface area contributed by atoms with E-state index >= 15 is 0 Å². The lowest BCUT2D eigenvalue weighted by molar-refractivity contribution is 0.0685. The lowest BCUT2D eigenvalue weighted by atomic mass is 9.88. The molecule has 0 spiro atoms. The second-order valence-corrected chi connectivity index (χ2v) is 8.48. The molecule has 7 nitrogen and oxygen atoms in total. The van der Waals surface area contributed by atoms with Gasteiger partial charge in [-0.05, 0) is 80.6 Å². The van der Waals surface area contributed by atoms with E-state index in [0.717, 1.165) is 29.8 Å². The van der Waals surface area contributed by atoms with Gasteiger partial charge < -0.3 is 19.7 Å². The summed E-state index contributed by atoms with van der Waals surface area (Å²) in [6, 6.07) is 15.5. The molecule has 0 bridgehead atoms. The number of piperidine rings is 1. The minimum atomic E-state index is -1.04. The van der Waals surface area contributed by atoms with E-state index in [1.165, 1.54) is 6.07 Å². The molecule has 170 valence electrons. The van der Waals surface area contributed by atoms with Crippen LogP contribution in [0.1, 0.15) is 66.8 Å². The van der Waals surface area contributed by atoms with Crippen molar-refractivity contribution in [2.24, 2.45) is 0 Å². The van der Waals surface area contributed by atoms with Gasteiger partial charge in [0, 0.05) is 30.0 Å². The van der Waals surface area contributed by atoms with Crippen molar-refractivity contribution in [2.75, 3.05) is 13.1 Å². The molecule has 4 rings (SSSR count). The van der Waals surface area contributed by atoms with Crippen LogP contribution in [0.15, 0.2) is 54.6 Å². The molecule has 0 aliphatic carbocycles. The minimum absolute atomic E-state index is 0.115. The third-order valence-corrected chi connectivity index (χ3v) is 6.40. The number of carboxylic acids is 2. The van der Waals surface area contributed by atoms with Crippen molar-refractivity contribution in [3.8, 4) is 5.69 Å². The van der Waals surface area contributed by atoms with Gasteiger partial charge in [0.05, 0.1) is 16.8 Å². The van der Waals surface area contributed by atoms with Gasteiger partial charge in [-0.2, -0.15) is 0 Å². The van der Waals surface area contributed by atoms with E-state index in [4.69, 9.17) is 5.11 Å². The number of hydrogen-bond acceptors (Lipinski definition) is 3. The number of amides is 1. The molecule has 1 aliphatic heterocycles. The quantitative estimate of drug-likeness (QED) is 0.601. The molecule has 1 aromatic heterocycles. The van der Waals surface area contributed by atoms with E-state index in [1.54, 1.807) is 29.2 Å². The van der Waals surface area contributed by atoms with Gasteiger partial charge >= 0.3 is 11.9 Å². The van der Waals surface area contributed by atoms with E-state index in [1.807, 2.05) is 42.7 Å². The second-order valence-electron chi connectivity index (χ2n) is 8.48. The van der Waals surface area contributed by atoms with Crippen LogP contribution in [-0.4, -0.2) is 50.6 Å². The highest BCUT2D eigenvalue weighted by molar-refractivity contribution is 5.98. The first-order valence-corrected chi connectivity index (χ1v) is 10.9. The summed E-state index contributed by atoms with van der Waals surface area (Å²) in [7, 11) is 0. The average molecular weight is 447 g/mol. The van der Waals surface area contributed by atoms with Crippen LogP contribution in [0, 0.1) is 13.8 Å². The lowest BCUT2D eigenvalue weighted by Gasteiger charge is -2.32. The first-order chi connectivity index (χ1) is 15.8. The number of hydrogen-bond donors (Lipinski definition) is 2. The SMILES string of the molecule is Cc1ccc(C)n1-c1cc(C(=O)N2CCC(c3ccc(C(=O)O)cc3)CC2)ccc1C(=O)O. The van der Waals surface area contributed by atoms with E-state index in [2.05, 4.69) is 0 Å². The topological polar surface area (TPSA) is 99.8 Å². The number of nitrogens with zero attached hydrogens (tertiary/aromatic N) is 2. The molecule has 1 amide bonds. The van der Waals surface area contributed by atoms with Crippen molar-refractivity contribution in [1.29, 1.82) is 0 Å². The lowest BCUT2D eigenvalue weighted by Crippen LogP contribution is -2.38. The number of carboxylic acid groups (broad SMARTS) is 2. The Bertz CT molecular complexity index is 1200. The van der Waals surface area contributed by atoms with E-state index in [-0.39, 0.29) is 23.0 Å². The minimum Gasteiger partial charge on any atom is -0.478 e. The number of aromatic carboxylic acids is 2. The van der Waals surface area contributed by atoms with Gasteiger partial charge in [0.15, 0.2) is 0 Å². The molecule has 1 aliphatic rings. The number of likely N-dealkylation sites (tertiary alicyclic amines) is 1. The summed E-state index contributed by atoms with van der Waals surface area (Å²) in [5.74, 6) is -1.82. The smallest absolute Gasteiger partial charge is 0.337 e. The highest BCUT2D eigenvalue weighted by Crippen LogP contribution is 2.30. The maximum atomic E-state index is 13.2. The Morgan fingerprint density at radius 1 is 0.788 bits per heavy atom. The summed E-state index contributed by atoms with van der Waals surface area (Å²) in [4.78, 5) is 37.9. The maximum absolute atomic E-state index is 13.2. The molecular weight excluding hydrogens is 420 g/mol. The zero-order valence-corrected chi connectivity index (χ0v) is 18.6. The van der Waals surface area contributed by atoms with Gasteiger partial charge in [0.1, 0.15) is 0 Å². The summed E-state index contributed by atoms with van der Waals surface area (Å²) in [5.41, 5.74) is 4.24. The third kappa shape index (κ3) is 4.39. The van der Waals surface area contributed by atoms with Gasteiger partial charge in [0.25, 0.3) is 5.91 Å². The van der Waals surface area contributed by atoms with Crippen LogP contribution in [-0.2, 0) is 0 Å². The molecule has 0 atom stereocenters. The monoisotopic (exact) mass is 446 g/mol. The number of aromatic nitrogens is 1. The molecule has 0 radical (unpaired) electrons. The largest absolute Gasteiger partial charge is 0.478 e. The van der Waals surface area contributed by atoms with Gasteiger partial charge in [0.2, 0.25) is 0 Å². The third-order valence-electron chi connectivity index (χ3n) is 6.40. The Morgan fingerprint density at radius 3 is 1.91 bits per heavy atom. The Morgan fingerprint density at radius 2 is 1.36 bits per heavy atom. The maximum Gasteiger partial charge on any atom is 0.337 e. The van der Waals surface area contributed by atoms with Crippen LogP contribution in [0.25, 0.3) is 5.69 Å². The fourth-order valence-electron chi connectivity index (χ4n) is 4.58. The Labute approximate surface area is 191 Å². The summed E-state index contributed by atoms with van der Waals surface area (Å²) in [5, 5.41) is 18.7. The van der Waals surface area contributed by atoms with Crippen molar-refractivity contribution < 1.29 is 24.6 Å². The molecule has 2 heterocycles. The van der Waals surface area contributed by atoms with E-state index in [9.17, 15) is 19.5 Å². The Hall–Kier alpha value is -3.87. The number of carbonyl (C=O) groups excluding carboxylic acids is 1. The Kier molecular flexibility index (Phi) is 6.05. The van der Waals surface area contributed by atoms with Crippen LogP contribution in [0.4, 0.5) is 0 Å². The molecule has 2 N–H and O–H groups in total. The van der Waals surface area contributed by atoms with Crippen LogP contribution in [0.3, 0.4) is 0 Å². The highest BCUT2D eigenvalue weighted by Gasteiger charge is 2.26. The molecule has 1 fully saturated rings. The fraction of sp³-hybridized carbons (Fsp3) is 0.269. The molecule has 0 saturated carbocycles. The molecule has 33 heavy (non-hydrogen) atoms. The van der Waals surface area contributed by atoms with Crippen molar-refractivity contribution in [3.05, 3.63) is 88.2 Å². The summed E-state index contributed by atoms with van der Waals surface area (Å²) >= 11 is 0. The van der Waals surface area contributed by atoms with Crippen LogP contribution in [0.5, 0.6) is 0 Å². The molecular formula is C26H26N2O5. The second kappa shape index (κ2) is 8.94. The molecule has 0 unspecified atom stereocenters. The van der Waals surface area contributed by atoms with Crippen LogP contribution < -0.4 is 0 Å². The Balaban J connectivity index is 1.53. The standard InChI is InChI=1S/C26H26N2O5/c1-16-3-4-17(2)28(16)23-15-21(9-10-22(23)26(32)33)24(29)27-13-11-19(12-14-27)18-5-7-20(8-6-18)25(30)31/h3-10,15,19H,11-14H2,1-2H3,(H,30,31)(H,32,33). The number of rotatable bonds is 5. The summed E-state index contributed by atoms with van der Waals surface area (Å²) in [6.07, 6.45) is 1.57. The summed E-state index contributed by atoms with van der Waals surface area (Å²) < 4.78 is 1.85. The number of carbonyl (C=O) groups is 3. The van der Waals surface area contributed by atoms with Crippen molar-refractivity contribution >= 4 is 17.8 Å². The predicted octanol–water partition coefficient (Wildman–Crippen LogP) is 4.51. The molecule has 2 aromatic carbocycles. The van der Waals surface area contributed by atoms with Gasteiger partial charge in [-0.3, -0.25) is 4.79 Å². The molecule has 7 heteroatoms. The van der Waals surface area contributed by atoms with Crippen molar-refractivity contribution in [3.63, 3.8) is 0 Å². The van der Waals surface area contributed by atoms with E-state index in [0.29, 0.717) is 24.3 Å². The number of aryl methyl sites for hydroxylation is 2.